The number of hydrogen-bond donors (Lipinski definition) is 3. The van der Waals surface area contributed by atoms with Crippen LogP contribution in [0.5, 0.6) is 0 Å². The van der Waals surface area contributed by atoms with Crippen LogP contribution in [0.1, 0.15) is 6.92 Å². The number of aliphatic carboxylic acids is 1. The van der Waals surface area contributed by atoms with Crippen LogP contribution in [0.25, 0.3) is 0 Å². The second kappa shape index (κ2) is 4.06. The molecule has 1 aliphatic rings. The van der Waals surface area contributed by atoms with E-state index in [9.17, 15) is 4.79 Å². The van der Waals surface area contributed by atoms with Crippen LogP contribution >= 0.6 is 11.9 Å². The van der Waals surface area contributed by atoms with Gasteiger partial charge in [-0.2, -0.15) is 0 Å². The highest BCUT2D eigenvalue weighted by Gasteiger charge is 2.11. The molecule has 3 N–H and O–H groups in total. The Hall–Kier alpha value is -1.10. The molecule has 0 aromatic rings. The van der Waals surface area contributed by atoms with Gasteiger partial charge in [-0.3, -0.25) is 4.79 Å². The SMILES string of the molecule is C[C@H](NC1=CC=CSN1)C(=O)O. The van der Waals surface area contributed by atoms with E-state index >= 15 is 0 Å². The second-order valence-electron chi connectivity index (χ2n) is 2.33. The molecular weight excluding hydrogens is 176 g/mol. The molecule has 0 saturated carbocycles. The smallest absolute Gasteiger partial charge is 0.325 e. The third-order valence-corrected chi connectivity index (χ3v) is 1.95. The maximum atomic E-state index is 10.4. The van der Waals surface area contributed by atoms with Crippen molar-refractivity contribution in [2.75, 3.05) is 0 Å². The van der Waals surface area contributed by atoms with Crippen molar-refractivity contribution in [3.63, 3.8) is 0 Å². The molecule has 0 radical (unpaired) electrons. The highest BCUT2D eigenvalue weighted by molar-refractivity contribution is 8.00. The fourth-order valence-electron chi connectivity index (χ4n) is 0.679. The standard InChI is InChI=1S/C7H10N2O2S/c1-5(7(10)11)8-6-3-2-4-12-9-6/h2-5,8-9H,1H3,(H,10,11)/t5-/m0/s1. The molecular formula is C7H10N2O2S. The zero-order chi connectivity index (χ0) is 8.97. The van der Waals surface area contributed by atoms with Gasteiger partial charge in [-0.25, -0.2) is 0 Å². The van der Waals surface area contributed by atoms with Gasteiger partial charge in [0, 0.05) is 0 Å². The summed E-state index contributed by atoms with van der Waals surface area (Å²) in [7, 11) is 0. The largest absolute Gasteiger partial charge is 0.480 e. The van der Waals surface area contributed by atoms with Gasteiger partial charge in [0.2, 0.25) is 0 Å². The molecule has 1 rings (SSSR count). The first-order valence-electron chi connectivity index (χ1n) is 3.48. The van der Waals surface area contributed by atoms with Crippen LogP contribution in [-0.2, 0) is 4.79 Å². The quantitative estimate of drug-likeness (QED) is 0.565. The number of hydrogen-bond acceptors (Lipinski definition) is 4. The molecule has 0 fully saturated rings. The molecule has 0 amide bonds. The first-order valence-corrected chi connectivity index (χ1v) is 4.36. The lowest BCUT2D eigenvalue weighted by Crippen LogP contribution is -2.36. The summed E-state index contributed by atoms with van der Waals surface area (Å²) in [5.41, 5.74) is 0. The third-order valence-electron chi connectivity index (χ3n) is 1.32. The molecule has 0 aromatic carbocycles. The van der Waals surface area contributed by atoms with Crippen LogP contribution in [0.2, 0.25) is 0 Å². The van der Waals surface area contributed by atoms with Crippen molar-refractivity contribution < 1.29 is 9.90 Å². The van der Waals surface area contributed by atoms with Crippen molar-refractivity contribution in [1.29, 1.82) is 0 Å². The normalized spacial score (nSPS) is 17.6. The van der Waals surface area contributed by atoms with Crippen molar-refractivity contribution in [3.8, 4) is 0 Å². The Labute approximate surface area is 74.9 Å². The first-order chi connectivity index (χ1) is 5.70. The Bertz CT molecular complexity index is 238. The summed E-state index contributed by atoms with van der Waals surface area (Å²) >= 11 is 1.40. The average molecular weight is 186 g/mol. The van der Waals surface area contributed by atoms with Crippen molar-refractivity contribution >= 4 is 17.9 Å². The van der Waals surface area contributed by atoms with E-state index in [-0.39, 0.29) is 0 Å². The van der Waals surface area contributed by atoms with Crippen LogP contribution in [0, 0.1) is 0 Å². The van der Waals surface area contributed by atoms with Gasteiger partial charge in [0.1, 0.15) is 11.9 Å². The van der Waals surface area contributed by atoms with E-state index in [1.54, 1.807) is 13.0 Å². The summed E-state index contributed by atoms with van der Waals surface area (Å²) in [4.78, 5) is 10.4. The second-order valence-corrected chi connectivity index (χ2v) is 3.05. The number of rotatable bonds is 3. The molecule has 0 unspecified atom stereocenters. The van der Waals surface area contributed by atoms with Gasteiger partial charge < -0.3 is 15.1 Å². The fourth-order valence-corrected chi connectivity index (χ4v) is 1.16. The van der Waals surface area contributed by atoms with E-state index in [0.29, 0.717) is 0 Å². The average Bonchev–Trinajstić information content (AvgIpc) is 2.06. The van der Waals surface area contributed by atoms with Crippen molar-refractivity contribution in [1.82, 2.24) is 10.0 Å². The molecule has 12 heavy (non-hydrogen) atoms. The van der Waals surface area contributed by atoms with Gasteiger partial charge >= 0.3 is 5.97 Å². The van der Waals surface area contributed by atoms with Crippen LogP contribution in [0.3, 0.4) is 0 Å². The van der Waals surface area contributed by atoms with Crippen LogP contribution in [-0.4, -0.2) is 17.1 Å². The van der Waals surface area contributed by atoms with E-state index in [0.717, 1.165) is 5.82 Å². The fraction of sp³-hybridized carbons (Fsp3) is 0.286. The summed E-state index contributed by atoms with van der Waals surface area (Å²) in [5, 5.41) is 13.2. The van der Waals surface area contributed by atoms with Gasteiger partial charge in [0.25, 0.3) is 0 Å². The Morgan fingerprint density at radius 3 is 3.08 bits per heavy atom. The van der Waals surface area contributed by atoms with Crippen LogP contribution in [0.15, 0.2) is 23.4 Å². The molecule has 66 valence electrons. The summed E-state index contributed by atoms with van der Waals surface area (Å²) < 4.78 is 2.92. The highest BCUT2D eigenvalue weighted by Crippen LogP contribution is 2.06. The lowest BCUT2D eigenvalue weighted by atomic mass is 10.3. The number of carboxylic acids is 1. The molecule has 0 bridgehead atoms. The van der Waals surface area contributed by atoms with Crippen LogP contribution in [0.4, 0.5) is 0 Å². The molecule has 1 heterocycles. The monoisotopic (exact) mass is 186 g/mol. The predicted octanol–water partition coefficient (Wildman–Crippen LogP) is 0.656. The lowest BCUT2D eigenvalue weighted by molar-refractivity contribution is -0.138. The van der Waals surface area contributed by atoms with Gasteiger partial charge in [0.15, 0.2) is 0 Å². The number of nitrogens with one attached hydrogen (secondary N) is 2. The van der Waals surface area contributed by atoms with Crippen molar-refractivity contribution in [3.05, 3.63) is 23.4 Å². The Morgan fingerprint density at radius 1 is 1.83 bits per heavy atom. The minimum absolute atomic E-state index is 0.573. The van der Waals surface area contributed by atoms with E-state index in [2.05, 4.69) is 10.0 Å². The molecule has 4 nitrogen and oxygen atoms in total. The maximum Gasteiger partial charge on any atom is 0.325 e. The lowest BCUT2D eigenvalue weighted by Gasteiger charge is -2.15. The molecule has 1 aliphatic heterocycles. The molecule has 0 saturated heterocycles. The molecule has 1 atom stereocenters. The van der Waals surface area contributed by atoms with Gasteiger partial charge in [-0.05, 0) is 30.4 Å². The van der Waals surface area contributed by atoms with E-state index in [1.165, 1.54) is 11.9 Å². The Kier molecular flexibility index (Phi) is 3.04. The Balaban J connectivity index is 2.45. The number of allylic oxidation sites excluding steroid dienone is 2. The van der Waals surface area contributed by atoms with E-state index < -0.39 is 12.0 Å². The minimum atomic E-state index is -0.864. The summed E-state index contributed by atoms with van der Waals surface area (Å²) in [6.45, 7) is 1.59. The van der Waals surface area contributed by atoms with Crippen LogP contribution < -0.4 is 10.0 Å². The van der Waals surface area contributed by atoms with Crippen molar-refractivity contribution in [2.45, 2.75) is 13.0 Å². The molecule has 0 aliphatic carbocycles. The predicted molar refractivity (Wildman–Crippen MR) is 48.2 cm³/mol. The van der Waals surface area contributed by atoms with E-state index in [1.807, 2.05) is 11.5 Å². The number of carboxylic acid groups (broad SMARTS) is 1. The summed E-state index contributed by atoms with van der Waals surface area (Å²) in [5.74, 6) is -0.144. The summed E-state index contributed by atoms with van der Waals surface area (Å²) in [6.07, 6.45) is 3.63. The Morgan fingerprint density at radius 2 is 2.58 bits per heavy atom. The molecule has 5 heteroatoms. The van der Waals surface area contributed by atoms with Gasteiger partial charge in [-0.15, -0.1) is 0 Å². The van der Waals surface area contributed by atoms with Gasteiger partial charge in [-0.1, -0.05) is 6.08 Å². The molecule has 0 aromatic heterocycles. The number of carbonyl (C=O) groups is 1. The minimum Gasteiger partial charge on any atom is -0.480 e. The first kappa shape index (κ1) is 8.99. The maximum absolute atomic E-state index is 10.4. The van der Waals surface area contributed by atoms with Gasteiger partial charge in [0.05, 0.1) is 0 Å². The molecule has 0 spiro atoms. The topological polar surface area (TPSA) is 61.4 Å². The van der Waals surface area contributed by atoms with E-state index in [4.69, 9.17) is 5.11 Å². The zero-order valence-corrected chi connectivity index (χ0v) is 7.39. The highest BCUT2D eigenvalue weighted by atomic mass is 32.2. The summed E-state index contributed by atoms with van der Waals surface area (Å²) in [6, 6.07) is -0.573. The zero-order valence-electron chi connectivity index (χ0n) is 6.57. The van der Waals surface area contributed by atoms with Crippen molar-refractivity contribution in [2.24, 2.45) is 0 Å². The third kappa shape index (κ3) is 2.50.